The van der Waals surface area contributed by atoms with Crippen LogP contribution in [0, 0.1) is 5.92 Å². The van der Waals surface area contributed by atoms with Gasteiger partial charge in [-0.05, 0) is 42.2 Å². The highest BCUT2D eigenvalue weighted by molar-refractivity contribution is 7.89. The number of rotatable bonds is 8. The summed E-state index contributed by atoms with van der Waals surface area (Å²) in [6.07, 6.45) is 1.45. The van der Waals surface area contributed by atoms with Crippen LogP contribution in [0.4, 0.5) is 0 Å². The summed E-state index contributed by atoms with van der Waals surface area (Å²) in [7, 11) is -0.766. The Balaban J connectivity index is 1.40. The van der Waals surface area contributed by atoms with Crippen molar-refractivity contribution in [3.05, 3.63) is 83.9 Å². The van der Waals surface area contributed by atoms with Gasteiger partial charge in [-0.15, -0.1) is 0 Å². The second kappa shape index (κ2) is 10.9. The number of ether oxygens (including phenoxy) is 3. The number of carbonyl (C=O) groups is 1. The molecule has 4 rings (SSSR count). The Morgan fingerprint density at radius 3 is 2.20 bits per heavy atom. The first-order chi connectivity index (χ1) is 16.9. The average molecular weight is 496 g/mol. The molecule has 0 aromatic heterocycles. The zero-order valence-electron chi connectivity index (χ0n) is 19.8. The lowest BCUT2D eigenvalue weighted by Gasteiger charge is -2.30. The fourth-order valence-electron chi connectivity index (χ4n) is 4.21. The molecule has 0 N–H and O–H groups in total. The third-order valence-electron chi connectivity index (χ3n) is 6.20. The van der Waals surface area contributed by atoms with Crippen LogP contribution in [0.3, 0.4) is 0 Å². The average Bonchev–Trinajstić information content (AvgIpc) is 2.90. The van der Waals surface area contributed by atoms with E-state index in [2.05, 4.69) is 0 Å². The molecule has 3 aromatic rings. The summed E-state index contributed by atoms with van der Waals surface area (Å²) in [5, 5.41) is 0. The van der Waals surface area contributed by atoms with Gasteiger partial charge in [0, 0.05) is 25.6 Å². The molecule has 1 heterocycles. The lowest BCUT2D eigenvalue weighted by Crippen LogP contribution is -2.41. The third kappa shape index (κ3) is 5.66. The van der Waals surface area contributed by atoms with E-state index in [0.717, 1.165) is 11.1 Å². The molecule has 35 heavy (non-hydrogen) atoms. The lowest BCUT2D eigenvalue weighted by molar-refractivity contribution is -0.140. The van der Waals surface area contributed by atoms with E-state index < -0.39 is 10.0 Å². The van der Waals surface area contributed by atoms with Crippen LogP contribution in [0.15, 0.2) is 77.7 Å². The van der Waals surface area contributed by atoms with E-state index in [1.807, 2.05) is 48.5 Å². The summed E-state index contributed by atoms with van der Waals surface area (Å²) in [5.41, 5.74) is 2.06. The number of carbonyl (C=O) groups excluding carboxylic acids is 1. The van der Waals surface area contributed by atoms with Crippen molar-refractivity contribution in [2.45, 2.75) is 24.2 Å². The van der Waals surface area contributed by atoms with Crippen LogP contribution in [-0.2, 0) is 21.2 Å². The number of nitrogens with zero attached hydrogens (tertiary/aromatic N) is 1. The zero-order valence-corrected chi connectivity index (χ0v) is 20.7. The molecule has 184 valence electrons. The van der Waals surface area contributed by atoms with E-state index in [4.69, 9.17) is 14.2 Å². The second-order valence-corrected chi connectivity index (χ2v) is 10.3. The lowest BCUT2D eigenvalue weighted by atomic mass is 9.98. The van der Waals surface area contributed by atoms with Crippen LogP contribution in [0.1, 0.15) is 24.0 Å². The van der Waals surface area contributed by atoms with Gasteiger partial charge >= 0.3 is 5.97 Å². The normalized spacial score (nSPS) is 14.9. The molecular weight excluding hydrogens is 466 g/mol. The summed E-state index contributed by atoms with van der Waals surface area (Å²) in [6.45, 7) is 0.476. The van der Waals surface area contributed by atoms with Crippen molar-refractivity contribution in [1.29, 1.82) is 0 Å². The molecule has 1 aliphatic heterocycles. The van der Waals surface area contributed by atoms with Gasteiger partial charge in [-0.1, -0.05) is 48.5 Å². The van der Waals surface area contributed by atoms with Crippen molar-refractivity contribution in [2.75, 3.05) is 27.3 Å². The number of sulfonamides is 1. The van der Waals surface area contributed by atoms with Gasteiger partial charge in [0.15, 0.2) is 11.5 Å². The van der Waals surface area contributed by atoms with Crippen molar-refractivity contribution in [1.82, 2.24) is 4.31 Å². The van der Waals surface area contributed by atoms with E-state index >= 15 is 0 Å². The number of piperidine rings is 1. The molecule has 0 aliphatic carbocycles. The standard InChI is InChI=1S/C27H29NO6S/c1-32-25-13-12-23(19-26(25)33-2)35(30,31)28-16-14-21(15-17-28)27(29)34-24-11-7-6-10-22(24)18-20-8-4-3-5-9-20/h3-13,19,21H,14-18H2,1-2H3. The first-order valence-corrected chi connectivity index (χ1v) is 12.9. The number of methoxy groups -OCH3 is 2. The van der Waals surface area contributed by atoms with Crippen molar-refractivity contribution >= 4 is 16.0 Å². The fourth-order valence-corrected chi connectivity index (χ4v) is 5.70. The van der Waals surface area contributed by atoms with E-state index in [-0.39, 0.29) is 29.9 Å². The molecule has 3 aromatic carbocycles. The number of para-hydroxylation sites is 1. The number of hydrogen-bond donors (Lipinski definition) is 0. The first-order valence-electron chi connectivity index (χ1n) is 11.5. The van der Waals surface area contributed by atoms with Gasteiger partial charge in [0.2, 0.25) is 10.0 Å². The highest BCUT2D eigenvalue weighted by atomic mass is 32.2. The SMILES string of the molecule is COc1ccc(S(=O)(=O)N2CCC(C(=O)Oc3ccccc3Cc3ccccc3)CC2)cc1OC. The first kappa shape index (κ1) is 24.8. The monoisotopic (exact) mass is 495 g/mol. The molecule has 0 radical (unpaired) electrons. The second-order valence-electron chi connectivity index (χ2n) is 8.39. The predicted octanol–water partition coefficient (Wildman–Crippen LogP) is 4.30. The summed E-state index contributed by atoms with van der Waals surface area (Å²) in [5.74, 6) is 0.661. The van der Waals surface area contributed by atoms with Gasteiger partial charge in [-0.3, -0.25) is 4.79 Å². The van der Waals surface area contributed by atoms with E-state index in [1.165, 1.54) is 30.7 Å². The quantitative estimate of drug-likeness (QED) is 0.342. The molecule has 0 bridgehead atoms. The summed E-state index contributed by atoms with van der Waals surface area (Å²) in [6, 6.07) is 22.0. The molecule has 0 spiro atoms. The maximum Gasteiger partial charge on any atom is 0.314 e. The van der Waals surface area contributed by atoms with E-state index in [9.17, 15) is 13.2 Å². The van der Waals surface area contributed by atoms with Crippen LogP contribution in [-0.4, -0.2) is 46.0 Å². The Kier molecular flexibility index (Phi) is 7.73. The van der Waals surface area contributed by atoms with Gasteiger partial charge in [0.05, 0.1) is 25.0 Å². The van der Waals surface area contributed by atoms with Crippen LogP contribution in [0.25, 0.3) is 0 Å². The fraction of sp³-hybridized carbons (Fsp3) is 0.296. The molecule has 0 saturated carbocycles. The summed E-state index contributed by atoms with van der Waals surface area (Å²) >= 11 is 0. The Hall–Kier alpha value is -3.36. The maximum atomic E-state index is 13.2. The van der Waals surface area contributed by atoms with Gasteiger partial charge in [0.25, 0.3) is 0 Å². The van der Waals surface area contributed by atoms with E-state index in [0.29, 0.717) is 36.5 Å². The number of hydrogen-bond acceptors (Lipinski definition) is 6. The van der Waals surface area contributed by atoms with Crippen LogP contribution >= 0.6 is 0 Å². The molecular formula is C27H29NO6S. The van der Waals surface area contributed by atoms with Crippen LogP contribution in [0.5, 0.6) is 17.2 Å². The molecule has 1 aliphatic rings. The minimum absolute atomic E-state index is 0.131. The van der Waals surface area contributed by atoms with Gasteiger partial charge in [-0.2, -0.15) is 4.31 Å². The largest absolute Gasteiger partial charge is 0.493 e. The van der Waals surface area contributed by atoms with Gasteiger partial charge in [0.1, 0.15) is 5.75 Å². The summed E-state index contributed by atoms with van der Waals surface area (Å²) in [4.78, 5) is 13.1. The highest BCUT2D eigenvalue weighted by Gasteiger charge is 2.33. The molecule has 1 fully saturated rings. The van der Waals surface area contributed by atoms with Gasteiger partial charge < -0.3 is 14.2 Å². The van der Waals surface area contributed by atoms with Crippen LogP contribution < -0.4 is 14.2 Å². The number of benzene rings is 3. The zero-order chi connectivity index (χ0) is 24.8. The molecule has 0 amide bonds. The van der Waals surface area contributed by atoms with E-state index in [1.54, 1.807) is 12.1 Å². The Labute approximate surface area is 206 Å². The Morgan fingerprint density at radius 2 is 1.51 bits per heavy atom. The molecule has 7 nitrogen and oxygen atoms in total. The van der Waals surface area contributed by atoms with Gasteiger partial charge in [-0.25, -0.2) is 8.42 Å². The molecule has 0 unspecified atom stereocenters. The Morgan fingerprint density at radius 1 is 0.857 bits per heavy atom. The minimum Gasteiger partial charge on any atom is -0.493 e. The molecule has 1 saturated heterocycles. The molecule has 8 heteroatoms. The third-order valence-corrected chi connectivity index (χ3v) is 8.10. The van der Waals surface area contributed by atoms with Crippen molar-refractivity contribution in [3.63, 3.8) is 0 Å². The van der Waals surface area contributed by atoms with Crippen LogP contribution in [0.2, 0.25) is 0 Å². The van der Waals surface area contributed by atoms with Crippen molar-refractivity contribution in [2.24, 2.45) is 5.92 Å². The maximum absolute atomic E-state index is 13.2. The highest BCUT2D eigenvalue weighted by Crippen LogP contribution is 2.32. The number of esters is 1. The smallest absolute Gasteiger partial charge is 0.314 e. The predicted molar refractivity (Wildman–Crippen MR) is 132 cm³/mol. The van der Waals surface area contributed by atoms with Crippen molar-refractivity contribution in [3.8, 4) is 17.2 Å². The van der Waals surface area contributed by atoms with Crippen molar-refractivity contribution < 1.29 is 27.4 Å². The molecule has 0 atom stereocenters. The topological polar surface area (TPSA) is 82.1 Å². The summed E-state index contributed by atoms with van der Waals surface area (Å²) < 4.78 is 43.9. The Bertz CT molecular complexity index is 1270. The minimum atomic E-state index is -3.72.